The van der Waals surface area contributed by atoms with Gasteiger partial charge in [-0.15, -0.1) is 0 Å². The van der Waals surface area contributed by atoms with Gasteiger partial charge in [-0.25, -0.2) is 0 Å². The van der Waals surface area contributed by atoms with Gasteiger partial charge in [-0.3, -0.25) is 14.3 Å². The number of fused-ring (bicyclic) bond motifs is 1. The van der Waals surface area contributed by atoms with Gasteiger partial charge in [-0.05, 0) is 56.7 Å². The summed E-state index contributed by atoms with van der Waals surface area (Å²) < 4.78 is 13.9. The maximum Gasteiger partial charge on any atom is 0.257 e. The summed E-state index contributed by atoms with van der Waals surface area (Å²) in [5, 5.41) is 15.8. The number of aromatic nitrogens is 2. The van der Waals surface area contributed by atoms with Crippen LogP contribution in [0.5, 0.6) is 17.2 Å². The topological polar surface area (TPSA) is 109 Å². The number of amides is 2. The van der Waals surface area contributed by atoms with Crippen LogP contribution in [-0.2, 0) is 13.5 Å². The predicted molar refractivity (Wildman–Crippen MR) is 130 cm³/mol. The van der Waals surface area contributed by atoms with Gasteiger partial charge in [0.2, 0.25) is 0 Å². The second-order valence-corrected chi connectivity index (χ2v) is 9.22. The molecule has 4 rings (SSSR count). The van der Waals surface area contributed by atoms with E-state index in [1.165, 1.54) is 4.90 Å². The van der Waals surface area contributed by atoms with Crippen LogP contribution in [0.3, 0.4) is 0 Å². The fourth-order valence-corrected chi connectivity index (χ4v) is 3.99. The van der Waals surface area contributed by atoms with Crippen molar-refractivity contribution < 1.29 is 19.1 Å². The first-order chi connectivity index (χ1) is 16.6. The molecule has 1 aromatic heterocycles. The van der Waals surface area contributed by atoms with Crippen LogP contribution in [0.2, 0.25) is 0 Å². The molecule has 0 aliphatic carbocycles. The van der Waals surface area contributed by atoms with Crippen LogP contribution in [0.15, 0.2) is 42.6 Å². The number of aryl methyl sites for hydroxylation is 2. The van der Waals surface area contributed by atoms with Crippen LogP contribution in [-0.4, -0.2) is 45.7 Å². The monoisotopic (exact) mass is 473 g/mol. The highest BCUT2D eigenvalue weighted by Crippen LogP contribution is 2.43. The first-order valence-corrected chi connectivity index (χ1v) is 11.1. The normalized spacial score (nSPS) is 13.4. The number of carbonyl (C=O) groups excluding carboxylic acids is 2. The molecule has 0 saturated carbocycles. The summed E-state index contributed by atoms with van der Waals surface area (Å²) in [5.74, 6) is 1.51. The van der Waals surface area contributed by atoms with Gasteiger partial charge in [-0.2, -0.15) is 10.4 Å². The van der Waals surface area contributed by atoms with Crippen LogP contribution in [0, 0.1) is 18.3 Å². The molecule has 1 aliphatic heterocycles. The number of nitrogens with zero attached hydrogens (tertiary/aromatic N) is 4. The molecule has 3 aromatic rings. The summed E-state index contributed by atoms with van der Waals surface area (Å²) in [6.45, 7) is 5.78. The van der Waals surface area contributed by atoms with Gasteiger partial charge in [0.1, 0.15) is 29.4 Å². The number of ether oxygens (including phenoxy) is 2. The van der Waals surface area contributed by atoms with E-state index in [4.69, 9.17) is 14.7 Å². The number of hydrogen-bond donors (Lipinski definition) is 1. The minimum absolute atomic E-state index is 0.00576. The number of benzene rings is 2. The van der Waals surface area contributed by atoms with Crippen molar-refractivity contribution in [3.05, 3.63) is 64.8 Å². The van der Waals surface area contributed by atoms with E-state index in [1.807, 2.05) is 26.8 Å². The number of rotatable bonds is 6. The van der Waals surface area contributed by atoms with Crippen LogP contribution < -0.4 is 14.8 Å². The lowest BCUT2D eigenvalue weighted by atomic mass is 9.99. The minimum Gasteiger partial charge on any atom is -0.487 e. The Bertz CT molecular complexity index is 1350. The van der Waals surface area contributed by atoms with Crippen molar-refractivity contribution in [3.63, 3.8) is 0 Å². The number of carbonyl (C=O) groups is 2. The molecule has 2 heterocycles. The predicted octanol–water partition coefficient (Wildman–Crippen LogP) is 4.08. The Kier molecular flexibility index (Phi) is 6.22. The first-order valence-electron chi connectivity index (χ1n) is 11.1. The van der Waals surface area contributed by atoms with Crippen molar-refractivity contribution in [1.82, 2.24) is 14.7 Å². The van der Waals surface area contributed by atoms with Crippen LogP contribution in [0.1, 0.15) is 45.7 Å². The maximum atomic E-state index is 12.9. The van der Waals surface area contributed by atoms with E-state index < -0.39 is 5.60 Å². The van der Waals surface area contributed by atoms with Gasteiger partial charge in [0, 0.05) is 49.5 Å². The molecule has 1 N–H and O–H groups in total. The third-order valence-electron chi connectivity index (χ3n) is 5.68. The molecule has 0 spiro atoms. The third kappa shape index (κ3) is 5.11. The second kappa shape index (κ2) is 9.14. The van der Waals surface area contributed by atoms with Gasteiger partial charge in [-0.1, -0.05) is 0 Å². The number of nitrogens with one attached hydrogen (secondary N) is 1. The third-order valence-corrected chi connectivity index (χ3v) is 5.68. The van der Waals surface area contributed by atoms with Gasteiger partial charge in [0.15, 0.2) is 5.82 Å². The van der Waals surface area contributed by atoms with Crippen LogP contribution >= 0.6 is 0 Å². The molecule has 0 fully saturated rings. The molecule has 0 bridgehead atoms. The lowest BCUT2D eigenvalue weighted by Gasteiger charge is -2.16. The Morgan fingerprint density at radius 2 is 2.06 bits per heavy atom. The highest BCUT2D eigenvalue weighted by atomic mass is 16.5. The Hall–Kier alpha value is -4.32. The average molecular weight is 474 g/mol. The second-order valence-electron chi connectivity index (χ2n) is 9.22. The smallest absolute Gasteiger partial charge is 0.257 e. The summed E-state index contributed by atoms with van der Waals surface area (Å²) in [6, 6.07) is 12.2. The van der Waals surface area contributed by atoms with E-state index in [0.717, 1.165) is 11.1 Å². The van der Waals surface area contributed by atoms with E-state index in [2.05, 4.69) is 10.4 Å². The van der Waals surface area contributed by atoms with Gasteiger partial charge >= 0.3 is 0 Å². The quantitative estimate of drug-likeness (QED) is 0.540. The molecule has 1 aliphatic rings. The van der Waals surface area contributed by atoms with E-state index in [-0.39, 0.29) is 18.4 Å². The zero-order valence-electron chi connectivity index (χ0n) is 20.4. The van der Waals surface area contributed by atoms with E-state index in [0.29, 0.717) is 40.6 Å². The lowest BCUT2D eigenvalue weighted by molar-refractivity contribution is 0.0811. The molecule has 0 unspecified atom stereocenters. The number of hydrogen-bond acceptors (Lipinski definition) is 6. The van der Waals surface area contributed by atoms with Crippen molar-refractivity contribution in [2.45, 2.75) is 32.8 Å². The largest absolute Gasteiger partial charge is 0.487 e. The Morgan fingerprint density at radius 3 is 2.71 bits per heavy atom. The zero-order chi connectivity index (χ0) is 25.3. The van der Waals surface area contributed by atoms with Crippen LogP contribution in [0.25, 0.3) is 0 Å². The molecule has 9 nitrogen and oxygen atoms in total. The summed E-state index contributed by atoms with van der Waals surface area (Å²) in [5.41, 5.74) is 2.02. The molecular formula is C26H27N5O4. The van der Waals surface area contributed by atoms with Crippen molar-refractivity contribution >= 4 is 17.6 Å². The molecule has 9 heteroatoms. The standard InChI is InChI=1S/C26H27N5O4/c1-16-12-18(6-7-19(16)25(33)30(4)11-9-27)34-21-13-17(14-22-20(21)15-26(2,3)35-22)24(32)28-23-8-10-31(5)29-23/h6-8,10,12-14H,11,15H2,1-5H3,(H,28,29,32). The summed E-state index contributed by atoms with van der Waals surface area (Å²) in [6.07, 6.45) is 2.36. The highest BCUT2D eigenvalue weighted by Gasteiger charge is 2.34. The van der Waals surface area contributed by atoms with Gasteiger partial charge in [0.25, 0.3) is 11.8 Å². The average Bonchev–Trinajstić information content (AvgIpc) is 3.34. The number of anilines is 1. The van der Waals surface area contributed by atoms with Crippen molar-refractivity contribution in [2.24, 2.45) is 7.05 Å². The number of nitriles is 1. The zero-order valence-corrected chi connectivity index (χ0v) is 20.4. The van der Waals surface area contributed by atoms with E-state index >= 15 is 0 Å². The Morgan fingerprint density at radius 1 is 1.29 bits per heavy atom. The Balaban J connectivity index is 1.64. The molecule has 35 heavy (non-hydrogen) atoms. The molecule has 180 valence electrons. The fraction of sp³-hybridized carbons (Fsp3) is 0.308. The summed E-state index contributed by atoms with van der Waals surface area (Å²) >= 11 is 0. The molecule has 2 amide bonds. The van der Waals surface area contributed by atoms with E-state index in [9.17, 15) is 9.59 Å². The van der Waals surface area contributed by atoms with Crippen molar-refractivity contribution in [3.8, 4) is 23.3 Å². The molecule has 0 saturated heterocycles. The summed E-state index contributed by atoms with van der Waals surface area (Å²) in [4.78, 5) is 26.9. The van der Waals surface area contributed by atoms with Crippen LogP contribution in [0.4, 0.5) is 5.82 Å². The molecular weight excluding hydrogens is 446 g/mol. The SMILES string of the molecule is Cc1cc(Oc2cc(C(=O)Nc3ccn(C)n3)cc3c2CC(C)(C)O3)ccc1C(=O)N(C)CC#N. The maximum absolute atomic E-state index is 12.9. The molecule has 0 radical (unpaired) electrons. The first kappa shape index (κ1) is 23.8. The highest BCUT2D eigenvalue weighted by molar-refractivity contribution is 6.04. The Labute approximate surface area is 203 Å². The molecule has 0 atom stereocenters. The van der Waals surface area contributed by atoms with Gasteiger partial charge in [0.05, 0.1) is 6.07 Å². The van der Waals surface area contributed by atoms with E-state index in [1.54, 1.807) is 61.4 Å². The van der Waals surface area contributed by atoms with Crippen molar-refractivity contribution in [1.29, 1.82) is 5.26 Å². The van der Waals surface area contributed by atoms with Crippen molar-refractivity contribution in [2.75, 3.05) is 18.9 Å². The lowest BCUT2D eigenvalue weighted by Crippen LogP contribution is -2.27. The van der Waals surface area contributed by atoms with Gasteiger partial charge < -0.3 is 19.7 Å². The minimum atomic E-state index is -0.436. The molecule has 2 aromatic carbocycles. The fourth-order valence-electron chi connectivity index (χ4n) is 3.99. The summed E-state index contributed by atoms with van der Waals surface area (Å²) in [7, 11) is 3.36.